The van der Waals surface area contributed by atoms with Crippen LogP contribution in [0.3, 0.4) is 0 Å². The minimum atomic E-state index is -0.176. The number of benzene rings is 2. The van der Waals surface area contributed by atoms with Gasteiger partial charge >= 0.3 is 0 Å². The second kappa shape index (κ2) is 10.4. The summed E-state index contributed by atoms with van der Waals surface area (Å²) in [5.41, 5.74) is 2.35. The Labute approximate surface area is 217 Å². The van der Waals surface area contributed by atoms with E-state index in [0.29, 0.717) is 30.7 Å². The first-order valence-electron chi connectivity index (χ1n) is 13.1. The minimum Gasteiger partial charge on any atom is -0.342 e. The Hall–Kier alpha value is -2.18. The Bertz CT molecular complexity index is 1030. The van der Waals surface area contributed by atoms with E-state index in [0.717, 1.165) is 63.0 Å². The van der Waals surface area contributed by atoms with Crippen molar-refractivity contribution < 1.29 is 9.59 Å². The zero-order valence-corrected chi connectivity index (χ0v) is 22.3. The maximum Gasteiger partial charge on any atom is 0.229 e. The fraction of sp³-hybridized carbons (Fsp3) is 0.517. The lowest BCUT2D eigenvalue weighted by molar-refractivity contribution is -0.139. The number of halogens is 1. The molecule has 5 rings (SSSR count). The number of likely N-dealkylation sites (tertiary alicyclic amines) is 3. The quantitative estimate of drug-likeness (QED) is 0.525. The molecular formula is C29H36BrN3O2. The van der Waals surface area contributed by atoms with Crippen molar-refractivity contribution in [1.29, 1.82) is 0 Å². The molecule has 5 nitrogen and oxygen atoms in total. The third-order valence-electron chi connectivity index (χ3n) is 8.52. The highest BCUT2D eigenvalue weighted by Gasteiger charge is 2.48. The number of nitrogens with zero attached hydrogens (tertiary/aromatic N) is 3. The van der Waals surface area contributed by atoms with E-state index in [2.05, 4.69) is 73.1 Å². The van der Waals surface area contributed by atoms with Gasteiger partial charge < -0.3 is 14.7 Å². The summed E-state index contributed by atoms with van der Waals surface area (Å²) < 4.78 is 1.07. The van der Waals surface area contributed by atoms with Crippen LogP contribution >= 0.6 is 15.9 Å². The minimum absolute atomic E-state index is 0.176. The van der Waals surface area contributed by atoms with Crippen LogP contribution in [0.2, 0.25) is 0 Å². The molecule has 3 aliphatic rings. The molecule has 0 bridgehead atoms. The molecule has 0 saturated carbocycles. The van der Waals surface area contributed by atoms with Crippen molar-refractivity contribution in [2.45, 2.75) is 45.1 Å². The molecule has 3 heterocycles. The van der Waals surface area contributed by atoms with Gasteiger partial charge in [0.1, 0.15) is 0 Å². The summed E-state index contributed by atoms with van der Waals surface area (Å²) in [6.07, 6.45) is 3.44. The molecule has 1 unspecified atom stereocenters. The predicted molar refractivity (Wildman–Crippen MR) is 142 cm³/mol. The number of carbonyl (C=O) groups is 2. The molecule has 0 aliphatic carbocycles. The molecule has 2 atom stereocenters. The highest BCUT2D eigenvalue weighted by atomic mass is 79.9. The van der Waals surface area contributed by atoms with Crippen LogP contribution in [-0.4, -0.2) is 65.8 Å². The summed E-state index contributed by atoms with van der Waals surface area (Å²) in [6.45, 7) is 8.13. The highest BCUT2D eigenvalue weighted by Crippen LogP contribution is 2.43. The molecule has 186 valence electrons. The van der Waals surface area contributed by atoms with E-state index in [9.17, 15) is 9.59 Å². The molecule has 0 N–H and O–H groups in total. The van der Waals surface area contributed by atoms with Gasteiger partial charge in [-0.3, -0.25) is 9.59 Å². The van der Waals surface area contributed by atoms with Gasteiger partial charge in [0.25, 0.3) is 0 Å². The van der Waals surface area contributed by atoms with E-state index in [1.54, 1.807) is 0 Å². The Balaban J connectivity index is 1.20. The van der Waals surface area contributed by atoms with Crippen LogP contribution in [0.5, 0.6) is 0 Å². The molecule has 35 heavy (non-hydrogen) atoms. The maximum absolute atomic E-state index is 13.4. The monoisotopic (exact) mass is 537 g/mol. The SMILES string of the molecule is CCC(=O)N1CC(CN2CCC3(CC2)CCN(Cc2ccc(Br)cc2)C3=O)[C@@H](c2ccccc2)C1. The van der Waals surface area contributed by atoms with E-state index in [-0.39, 0.29) is 11.3 Å². The van der Waals surface area contributed by atoms with Crippen molar-refractivity contribution in [3.8, 4) is 0 Å². The number of hydrogen-bond acceptors (Lipinski definition) is 3. The normalized spacial score (nSPS) is 24.5. The van der Waals surface area contributed by atoms with Crippen molar-refractivity contribution in [2.75, 3.05) is 39.3 Å². The summed E-state index contributed by atoms with van der Waals surface area (Å²) in [6, 6.07) is 19.0. The second-order valence-corrected chi connectivity index (χ2v) is 11.5. The molecule has 0 aromatic heterocycles. The zero-order valence-electron chi connectivity index (χ0n) is 20.7. The fourth-order valence-corrected chi connectivity index (χ4v) is 6.64. The van der Waals surface area contributed by atoms with Crippen molar-refractivity contribution in [2.24, 2.45) is 11.3 Å². The first kappa shape index (κ1) is 24.5. The van der Waals surface area contributed by atoms with Crippen molar-refractivity contribution in [3.63, 3.8) is 0 Å². The average Bonchev–Trinajstić information content (AvgIpc) is 3.44. The smallest absolute Gasteiger partial charge is 0.229 e. The molecule has 6 heteroatoms. The first-order valence-corrected chi connectivity index (χ1v) is 13.9. The third kappa shape index (κ3) is 5.19. The lowest BCUT2D eigenvalue weighted by atomic mass is 9.76. The Morgan fingerprint density at radius 3 is 2.34 bits per heavy atom. The van der Waals surface area contributed by atoms with E-state index < -0.39 is 0 Å². The van der Waals surface area contributed by atoms with Gasteiger partial charge in [0.15, 0.2) is 0 Å². The molecule has 2 aromatic carbocycles. The summed E-state index contributed by atoms with van der Waals surface area (Å²) >= 11 is 3.49. The van der Waals surface area contributed by atoms with E-state index >= 15 is 0 Å². The molecule has 3 saturated heterocycles. The van der Waals surface area contributed by atoms with Crippen LogP contribution in [0.15, 0.2) is 59.1 Å². The van der Waals surface area contributed by atoms with Gasteiger partial charge in [0.2, 0.25) is 11.8 Å². The Kier molecular flexibility index (Phi) is 7.31. The van der Waals surface area contributed by atoms with Gasteiger partial charge in [0.05, 0.1) is 5.41 Å². The molecule has 1 spiro atoms. The molecular weight excluding hydrogens is 502 g/mol. The maximum atomic E-state index is 13.4. The first-order chi connectivity index (χ1) is 17.0. The lowest BCUT2D eigenvalue weighted by Gasteiger charge is -2.39. The fourth-order valence-electron chi connectivity index (χ4n) is 6.37. The van der Waals surface area contributed by atoms with Gasteiger partial charge in [0, 0.05) is 49.5 Å². The molecule has 3 fully saturated rings. The Morgan fingerprint density at radius 1 is 0.971 bits per heavy atom. The van der Waals surface area contributed by atoms with E-state index in [4.69, 9.17) is 0 Å². The third-order valence-corrected chi connectivity index (χ3v) is 9.05. The van der Waals surface area contributed by atoms with Gasteiger partial charge in [-0.05, 0) is 61.5 Å². The van der Waals surface area contributed by atoms with Gasteiger partial charge in [-0.25, -0.2) is 0 Å². The largest absolute Gasteiger partial charge is 0.342 e. The number of rotatable bonds is 6. The molecule has 2 aromatic rings. The van der Waals surface area contributed by atoms with E-state index in [1.165, 1.54) is 11.1 Å². The van der Waals surface area contributed by atoms with Crippen LogP contribution < -0.4 is 0 Å². The average molecular weight is 539 g/mol. The van der Waals surface area contributed by atoms with Gasteiger partial charge in [-0.15, -0.1) is 0 Å². The van der Waals surface area contributed by atoms with E-state index in [1.807, 2.05) is 19.1 Å². The summed E-state index contributed by atoms with van der Waals surface area (Å²) in [5.74, 6) is 1.43. The van der Waals surface area contributed by atoms with Gasteiger partial charge in [-0.1, -0.05) is 65.3 Å². The Morgan fingerprint density at radius 2 is 1.66 bits per heavy atom. The van der Waals surface area contributed by atoms with Crippen molar-refractivity contribution in [1.82, 2.24) is 14.7 Å². The topological polar surface area (TPSA) is 43.9 Å². The standard InChI is InChI=1S/C29H36BrN3O2/c1-2-27(34)33-20-24(26(21-33)23-6-4-3-5-7-23)19-31-15-12-29(13-16-31)14-17-32(28(29)35)18-22-8-10-25(30)11-9-22/h3-11,24,26H,2,12-21H2,1H3/t24?,26-/m1/s1. The molecule has 2 amide bonds. The number of hydrogen-bond donors (Lipinski definition) is 0. The summed E-state index contributed by atoms with van der Waals surface area (Å²) in [4.78, 5) is 32.6. The highest BCUT2D eigenvalue weighted by molar-refractivity contribution is 9.10. The molecule has 3 aliphatic heterocycles. The zero-order chi connectivity index (χ0) is 24.4. The van der Waals surface area contributed by atoms with Crippen LogP contribution in [-0.2, 0) is 16.1 Å². The summed E-state index contributed by atoms with van der Waals surface area (Å²) in [7, 11) is 0. The van der Waals surface area contributed by atoms with Crippen LogP contribution in [0.25, 0.3) is 0 Å². The van der Waals surface area contributed by atoms with Crippen LogP contribution in [0.1, 0.15) is 49.7 Å². The summed E-state index contributed by atoms with van der Waals surface area (Å²) in [5, 5.41) is 0. The van der Waals surface area contributed by atoms with Crippen LogP contribution in [0.4, 0.5) is 0 Å². The number of carbonyl (C=O) groups excluding carboxylic acids is 2. The van der Waals surface area contributed by atoms with Crippen LogP contribution in [0, 0.1) is 11.3 Å². The van der Waals surface area contributed by atoms with Gasteiger partial charge in [-0.2, -0.15) is 0 Å². The van der Waals surface area contributed by atoms with Crippen molar-refractivity contribution in [3.05, 3.63) is 70.2 Å². The predicted octanol–water partition coefficient (Wildman–Crippen LogP) is 4.92. The van der Waals surface area contributed by atoms with Crippen molar-refractivity contribution >= 4 is 27.7 Å². The number of amides is 2. The lowest BCUT2D eigenvalue weighted by Crippen LogP contribution is -2.46. The second-order valence-electron chi connectivity index (χ2n) is 10.6. The molecule has 0 radical (unpaired) electrons. The number of piperidine rings is 1.